The number of benzene rings is 1. The Kier molecular flexibility index (Phi) is 6.43. The quantitative estimate of drug-likeness (QED) is 0.586. The van der Waals surface area contributed by atoms with Crippen LogP contribution in [-0.4, -0.2) is 74.5 Å². The van der Waals surface area contributed by atoms with Crippen LogP contribution in [0.15, 0.2) is 29.8 Å². The van der Waals surface area contributed by atoms with Gasteiger partial charge in [-0.3, -0.25) is 9.88 Å². The highest BCUT2D eigenvalue weighted by Gasteiger charge is 2.23. The summed E-state index contributed by atoms with van der Waals surface area (Å²) in [5, 5.41) is 4.51. The van der Waals surface area contributed by atoms with E-state index < -0.39 is 0 Å². The second-order valence-corrected chi connectivity index (χ2v) is 9.32. The van der Waals surface area contributed by atoms with E-state index >= 15 is 0 Å². The van der Waals surface area contributed by atoms with Gasteiger partial charge in [-0.25, -0.2) is 4.98 Å². The summed E-state index contributed by atoms with van der Waals surface area (Å²) in [6.45, 7) is 10.5. The summed E-state index contributed by atoms with van der Waals surface area (Å²) in [5.41, 5.74) is 4.48. The Labute approximate surface area is 193 Å². The molecule has 0 saturated carbocycles. The third kappa shape index (κ3) is 4.40. The maximum atomic E-state index is 5.84. The summed E-state index contributed by atoms with van der Waals surface area (Å²) in [5.74, 6) is 0.944. The van der Waals surface area contributed by atoms with Gasteiger partial charge in [0.25, 0.3) is 0 Å². The van der Waals surface area contributed by atoms with E-state index in [1.807, 2.05) is 12.3 Å². The lowest BCUT2D eigenvalue weighted by Gasteiger charge is -2.27. The Morgan fingerprint density at radius 2 is 1.97 bits per heavy atom. The number of morpholine rings is 1. The molecule has 8 heteroatoms. The van der Waals surface area contributed by atoms with Crippen LogP contribution in [0.2, 0.25) is 0 Å². The molecule has 170 valence electrons. The number of aromatic nitrogens is 2. The van der Waals surface area contributed by atoms with Crippen molar-refractivity contribution in [2.75, 3.05) is 69.4 Å². The van der Waals surface area contributed by atoms with Crippen molar-refractivity contribution in [2.24, 2.45) is 0 Å². The molecular weight excluding hydrogens is 422 g/mol. The Morgan fingerprint density at radius 3 is 2.81 bits per heavy atom. The Bertz CT molecular complexity index is 1070. The normalized spacial score (nSPS) is 18.2. The van der Waals surface area contributed by atoms with Gasteiger partial charge < -0.3 is 19.3 Å². The van der Waals surface area contributed by atoms with Crippen LogP contribution in [-0.2, 0) is 11.3 Å². The zero-order chi connectivity index (χ0) is 21.9. The number of ether oxygens (including phenoxy) is 2. The van der Waals surface area contributed by atoms with Gasteiger partial charge in [0.05, 0.1) is 31.5 Å². The number of anilines is 2. The van der Waals surface area contributed by atoms with E-state index in [1.54, 1.807) is 18.4 Å². The number of methoxy groups -OCH3 is 1. The molecule has 2 aliphatic rings. The highest BCUT2D eigenvalue weighted by molar-refractivity contribution is 7.13. The maximum Gasteiger partial charge on any atom is 0.185 e. The number of hydrogen-bond acceptors (Lipinski definition) is 8. The molecule has 4 heterocycles. The molecule has 0 radical (unpaired) electrons. The predicted octanol–water partition coefficient (Wildman–Crippen LogP) is 3.56. The summed E-state index contributed by atoms with van der Waals surface area (Å²) >= 11 is 1.75. The molecule has 0 amide bonds. The number of hydrogen-bond donors (Lipinski definition) is 0. The highest BCUT2D eigenvalue weighted by Crippen LogP contribution is 2.38. The summed E-state index contributed by atoms with van der Waals surface area (Å²) in [6.07, 6.45) is 2.98. The first-order chi connectivity index (χ1) is 15.7. The Balaban J connectivity index is 1.30. The van der Waals surface area contributed by atoms with E-state index in [9.17, 15) is 0 Å². The summed E-state index contributed by atoms with van der Waals surface area (Å²) in [6, 6.07) is 6.31. The molecule has 0 bridgehead atoms. The molecule has 0 spiro atoms. The van der Waals surface area contributed by atoms with Gasteiger partial charge >= 0.3 is 0 Å². The van der Waals surface area contributed by atoms with E-state index in [0.29, 0.717) is 0 Å². The molecular formula is C24H31N5O2S. The lowest BCUT2D eigenvalue weighted by atomic mass is 10.1. The molecule has 2 aromatic heterocycles. The van der Waals surface area contributed by atoms with E-state index in [1.165, 1.54) is 11.1 Å². The molecule has 0 aliphatic carbocycles. The molecule has 0 atom stereocenters. The first-order valence-corrected chi connectivity index (χ1v) is 12.3. The Morgan fingerprint density at radius 1 is 1.09 bits per heavy atom. The van der Waals surface area contributed by atoms with Gasteiger partial charge in [-0.2, -0.15) is 0 Å². The fraction of sp³-hybridized carbons (Fsp3) is 0.500. The molecule has 3 aromatic rings. The first-order valence-electron chi connectivity index (χ1n) is 11.4. The number of rotatable bonds is 5. The topological polar surface area (TPSA) is 54.0 Å². The van der Waals surface area contributed by atoms with Crippen LogP contribution in [0.1, 0.15) is 17.7 Å². The van der Waals surface area contributed by atoms with Gasteiger partial charge in [-0.05, 0) is 31.0 Å². The number of nitrogens with zero attached hydrogens (tertiary/aromatic N) is 5. The van der Waals surface area contributed by atoms with Gasteiger partial charge in [-0.1, -0.05) is 6.07 Å². The van der Waals surface area contributed by atoms with Crippen LogP contribution in [0.25, 0.3) is 10.9 Å². The van der Waals surface area contributed by atoms with Crippen molar-refractivity contribution in [3.05, 3.63) is 41.0 Å². The van der Waals surface area contributed by atoms with Gasteiger partial charge in [0, 0.05) is 62.8 Å². The zero-order valence-corrected chi connectivity index (χ0v) is 19.7. The van der Waals surface area contributed by atoms with Gasteiger partial charge in [0.15, 0.2) is 5.13 Å². The summed E-state index contributed by atoms with van der Waals surface area (Å²) < 4.78 is 11.3. The second-order valence-electron chi connectivity index (χ2n) is 8.49. The molecule has 32 heavy (non-hydrogen) atoms. The minimum Gasteiger partial charge on any atom is -0.494 e. The SMILES string of the molecule is COc1c(C)cc2cccnc2c1N1CCCN(Cc2csc(N3CCOCC3)n2)CC1. The standard InChI is InChI=1S/C24H31N5O2S/c1-18-15-19-5-3-6-25-21(19)22(23(18)30-2)28-8-4-7-27(9-10-28)16-20-17-32-24(26-20)29-11-13-31-14-12-29/h3,5-6,15,17H,4,7-14,16H2,1-2H3. The van der Waals surface area contributed by atoms with Crippen molar-refractivity contribution in [3.63, 3.8) is 0 Å². The maximum absolute atomic E-state index is 5.84. The molecule has 7 nitrogen and oxygen atoms in total. The van der Waals surface area contributed by atoms with Gasteiger partial charge in [-0.15, -0.1) is 11.3 Å². The number of pyridine rings is 1. The Hall–Kier alpha value is -2.42. The van der Waals surface area contributed by atoms with Crippen molar-refractivity contribution >= 4 is 33.1 Å². The monoisotopic (exact) mass is 453 g/mol. The molecule has 2 fully saturated rings. The highest BCUT2D eigenvalue weighted by atomic mass is 32.1. The van der Waals surface area contributed by atoms with Crippen LogP contribution in [0, 0.1) is 6.92 Å². The average Bonchev–Trinajstić information content (AvgIpc) is 3.17. The second kappa shape index (κ2) is 9.60. The van der Waals surface area contributed by atoms with E-state index in [-0.39, 0.29) is 0 Å². The molecule has 2 aliphatic heterocycles. The molecule has 5 rings (SSSR count). The van der Waals surface area contributed by atoms with E-state index in [0.717, 1.165) is 93.1 Å². The smallest absolute Gasteiger partial charge is 0.185 e. The first kappa shape index (κ1) is 21.4. The zero-order valence-electron chi connectivity index (χ0n) is 18.9. The largest absolute Gasteiger partial charge is 0.494 e. The third-order valence-electron chi connectivity index (χ3n) is 6.32. The van der Waals surface area contributed by atoms with Crippen LogP contribution < -0.4 is 14.5 Å². The number of thiazole rings is 1. The minimum atomic E-state index is 0.794. The van der Waals surface area contributed by atoms with Crippen molar-refractivity contribution in [3.8, 4) is 5.75 Å². The fourth-order valence-corrected chi connectivity index (χ4v) is 5.60. The van der Waals surface area contributed by atoms with Crippen LogP contribution in [0.5, 0.6) is 5.75 Å². The van der Waals surface area contributed by atoms with Crippen molar-refractivity contribution in [1.82, 2.24) is 14.9 Å². The lowest BCUT2D eigenvalue weighted by molar-refractivity contribution is 0.122. The minimum absolute atomic E-state index is 0.794. The predicted molar refractivity (Wildman–Crippen MR) is 130 cm³/mol. The van der Waals surface area contributed by atoms with E-state index in [4.69, 9.17) is 19.4 Å². The van der Waals surface area contributed by atoms with Crippen LogP contribution in [0.4, 0.5) is 10.8 Å². The van der Waals surface area contributed by atoms with E-state index in [2.05, 4.69) is 39.1 Å². The number of fused-ring (bicyclic) bond motifs is 1. The molecule has 2 saturated heterocycles. The van der Waals surface area contributed by atoms with Gasteiger partial charge in [0.1, 0.15) is 11.4 Å². The average molecular weight is 454 g/mol. The fourth-order valence-electron chi connectivity index (χ4n) is 4.73. The molecule has 0 N–H and O–H groups in total. The summed E-state index contributed by atoms with van der Waals surface area (Å²) in [4.78, 5) is 17.0. The van der Waals surface area contributed by atoms with Crippen molar-refractivity contribution < 1.29 is 9.47 Å². The lowest BCUT2D eigenvalue weighted by Crippen LogP contribution is -2.36. The third-order valence-corrected chi connectivity index (χ3v) is 7.27. The molecule has 0 unspecified atom stereocenters. The van der Waals surface area contributed by atoms with Crippen LogP contribution in [0.3, 0.4) is 0 Å². The number of aryl methyl sites for hydroxylation is 1. The van der Waals surface area contributed by atoms with Crippen molar-refractivity contribution in [1.29, 1.82) is 0 Å². The summed E-state index contributed by atoms with van der Waals surface area (Å²) in [7, 11) is 1.76. The van der Waals surface area contributed by atoms with Crippen LogP contribution >= 0.6 is 11.3 Å². The van der Waals surface area contributed by atoms with Gasteiger partial charge in [0.2, 0.25) is 0 Å². The molecule has 1 aromatic carbocycles. The van der Waals surface area contributed by atoms with Crippen molar-refractivity contribution in [2.45, 2.75) is 19.9 Å².